The van der Waals surface area contributed by atoms with Gasteiger partial charge in [0, 0.05) is 27.7 Å². The lowest BCUT2D eigenvalue weighted by atomic mass is 9.99. The first-order chi connectivity index (χ1) is 18.4. The number of aliphatic imine (C=N–C) groups is 1. The van der Waals surface area contributed by atoms with Crippen molar-refractivity contribution in [1.82, 2.24) is 0 Å². The van der Waals surface area contributed by atoms with E-state index in [1.807, 2.05) is 0 Å². The third kappa shape index (κ3) is 7.45. The SMILES string of the molecule is CC(=O)OC[C@@H]1O[C@H](SC2=NC(=C(C)C)C(=O)N2c2ccccc2)[C@H](OC(C)=O)[C@H](OC(C)=O)[C@@H]1OC(C)=O. The number of allylic oxidation sites excluding steroid dienone is 1. The van der Waals surface area contributed by atoms with Crippen molar-refractivity contribution in [1.29, 1.82) is 0 Å². The van der Waals surface area contributed by atoms with Crippen molar-refractivity contribution in [3.63, 3.8) is 0 Å². The van der Waals surface area contributed by atoms with Gasteiger partial charge in [0.15, 0.2) is 28.9 Å². The highest BCUT2D eigenvalue weighted by Crippen LogP contribution is 2.38. The molecule has 0 bridgehead atoms. The number of carbonyl (C=O) groups is 5. The second-order valence-corrected chi connectivity index (χ2v) is 9.97. The van der Waals surface area contributed by atoms with E-state index in [4.69, 9.17) is 23.7 Å². The van der Waals surface area contributed by atoms with Gasteiger partial charge in [-0.15, -0.1) is 0 Å². The zero-order chi connectivity index (χ0) is 28.9. The van der Waals surface area contributed by atoms with E-state index in [2.05, 4.69) is 4.99 Å². The smallest absolute Gasteiger partial charge is 0.303 e. The van der Waals surface area contributed by atoms with E-state index >= 15 is 0 Å². The third-order valence-corrected chi connectivity index (χ3v) is 6.56. The fourth-order valence-electron chi connectivity index (χ4n) is 3.98. The number of anilines is 1. The Morgan fingerprint density at radius 3 is 1.95 bits per heavy atom. The Morgan fingerprint density at radius 1 is 0.846 bits per heavy atom. The molecular formula is C26H30N2O10S. The second kappa shape index (κ2) is 12.9. The molecule has 39 heavy (non-hydrogen) atoms. The van der Waals surface area contributed by atoms with Gasteiger partial charge in [0.2, 0.25) is 0 Å². The number of nitrogens with zero attached hydrogens (tertiary/aromatic N) is 2. The zero-order valence-corrected chi connectivity index (χ0v) is 23.2. The van der Waals surface area contributed by atoms with Crippen LogP contribution in [0.1, 0.15) is 41.5 Å². The van der Waals surface area contributed by atoms with Crippen LogP contribution in [0.3, 0.4) is 0 Å². The lowest BCUT2D eigenvalue weighted by Gasteiger charge is -2.44. The van der Waals surface area contributed by atoms with Crippen molar-refractivity contribution >= 4 is 52.4 Å². The van der Waals surface area contributed by atoms with Crippen LogP contribution in [-0.2, 0) is 47.7 Å². The predicted octanol–water partition coefficient (Wildman–Crippen LogP) is 2.50. The molecule has 5 atom stereocenters. The van der Waals surface area contributed by atoms with Crippen LogP contribution in [0, 0.1) is 0 Å². The molecule has 0 radical (unpaired) electrons. The van der Waals surface area contributed by atoms with Crippen molar-refractivity contribution in [3.8, 4) is 0 Å². The molecule has 0 aliphatic carbocycles. The van der Waals surface area contributed by atoms with Gasteiger partial charge in [0.1, 0.15) is 18.4 Å². The number of hydrogen-bond acceptors (Lipinski definition) is 12. The van der Waals surface area contributed by atoms with Gasteiger partial charge in [-0.3, -0.25) is 28.9 Å². The molecule has 210 valence electrons. The number of hydrogen-bond donors (Lipinski definition) is 0. The average Bonchev–Trinajstić information content (AvgIpc) is 3.17. The molecule has 1 aromatic carbocycles. The highest BCUT2D eigenvalue weighted by atomic mass is 32.2. The molecule has 0 spiro atoms. The van der Waals surface area contributed by atoms with Gasteiger partial charge in [-0.2, -0.15) is 0 Å². The Labute approximate surface area is 229 Å². The molecule has 0 unspecified atom stereocenters. The maximum atomic E-state index is 13.3. The van der Waals surface area contributed by atoms with Gasteiger partial charge < -0.3 is 23.7 Å². The summed E-state index contributed by atoms with van der Waals surface area (Å²) >= 11 is 0.945. The minimum absolute atomic E-state index is 0.211. The molecular weight excluding hydrogens is 532 g/mol. The Kier molecular flexibility index (Phi) is 9.86. The molecule has 1 saturated heterocycles. The predicted molar refractivity (Wildman–Crippen MR) is 139 cm³/mol. The van der Waals surface area contributed by atoms with Crippen molar-refractivity contribution in [2.75, 3.05) is 11.5 Å². The number of esters is 4. The first kappa shape index (κ1) is 29.8. The molecule has 2 aliphatic heterocycles. The maximum Gasteiger partial charge on any atom is 0.303 e. The molecule has 1 amide bonds. The summed E-state index contributed by atoms with van der Waals surface area (Å²) in [4.78, 5) is 66.9. The molecule has 1 aromatic rings. The average molecular weight is 563 g/mol. The molecule has 0 N–H and O–H groups in total. The number of para-hydroxylation sites is 1. The first-order valence-electron chi connectivity index (χ1n) is 12.0. The quantitative estimate of drug-likeness (QED) is 0.274. The Balaban J connectivity index is 2.08. The lowest BCUT2D eigenvalue weighted by Crippen LogP contribution is -2.61. The van der Waals surface area contributed by atoms with Crippen LogP contribution < -0.4 is 4.90 Å². The minimum atomic E-state index is -1.33. The first-order valence-corrected chi connectivity index (χ1v) is 12.9. The molecule has 12 nitrogen and oxygen atoms in total. The Hall–Kier alpha value is -3.71. The number of benzene rings is 1. The van der Waals surface area contributed by atoms with E-state index in [0.29, 0.717) is 11.3 Å². The Bertz CT molecular complexity index is 1190. The summed E-state index contributed by atoms with van der Waals surface area (Å²) in [5, 5.41) is 0.211. The third-order valence-electron chi connectivity index (χ3n) is 5.46. The van der Waals surface area contributed by atoms with E-state index in [1.54, 1.807) is 44.2 Å². The summed E-state index contributed by atoms with van der Waals surface area (Å²) in [6.45, 7) is 7.79. The van der Waals surface area contributed by atoms with E-state index in [-0.39, 0.29) is 23.4 Å². The molecule has 3 rings (SSSR count). The molecule has 2 aliphatic rings. The minimum Gasteiger partial charge on any atom is -0.463 e. The molecule has 0 aromatic heterocycles. The van der Waals surface area contributed by atoms with Crippen molar-refractivity contribution in [2.45, 2.75) is 71.4 Å². The van der Waals surface area contributed by atoms with Crippen molar-refractivity contribution in [3.05, 3.63) is 41.6 Å². The number of ether oxygens (including phenoxy) is 5. The van der Waals surface area contributed by atoms with Crippen molar-refractivity contribution < 1.29 is 47.7 Å². The van der Waals surface area contributed by atoms with Crippen LogP contribution in [0.25, 0.3) is 0 Å². The number of rotatable bonds is 7. The number of thioether (sulfide) groups is 1. The van der Waals surface area contributed by atoms with Gasteiger partial charge in [-0.25, -0.2) is 4.99 Å². The van der Waals surface area contributed by atoms with Gasteiger partial charge in [0.25, 0.3) is 5.91 Å². The topological polar surface area (TPSA) is 147 Å². The highest BCUT2D eigenvalue weighted by Gasteiger charge is 2.53. The number of amides is 1. The fraction of sp³-hybridized carbons (Fsp3) is 0.462. The number of amidine groups is 1. The summed E-state index contributed by atoms with van der Waals surface area (Å²) in [6, 6.07) is 8.79. The molecule has 1 fully saturated rings. The van der Waals surface area contributed by atoms with Crippen LogP contribution in [0.2, 0.25) is 0 Å². The van der Waals surface area contributed by atoms with Gasteiger partial charge >= 0.3 is 23.9 Å². The summed E-state index contributed by atoms with van der Waals surface area (Å²) in [5.74, 6) is -3.17. The van der Waals surface area contributed by atoms with E-state index in [0.717, 1.165) is 32.5 Å². The standard InChI is InChI=1S/C26H30N2O10S/c1-13(2)20-24(33)28(18-10-8-7-9-11-18)26(27-20)39-25-23(37-17(6)32)22(36-16(5)31)21(35-15(4)30)19(38-25)12-34-14(3)29/h7-11,19,21-23,25H,12H2,1-6H3/t19-,21+,22+,23+,25+/m0/s1. The normalized spacial score (nSPS) is 24.5. The largest absolute Gasteiger partial charge is 0.463 e. The summed E-state index contributed by atoms with van der Waals surface area (Å²) in [6.07, 6.45) is -5.01. The Morgan fingerprint density at radius 2 is 1.41 bits per heavy atom. The number of carbonyl (C=O) groups excluding carboxylic acids is 5. The summed E-state index contributed by atoms with van der Waals surface area (Å²) < 4.78 is 27.7. The lowest BCUT2D eigenvalue weighted by molar-refractivity contribution is -0.237. The molecule has 0 saturated carbocycles. The summed E-state index contributed by atoms with van der Waals surface area (Å²) in [5.41, 5.74) is 0.320. The van der Waals surface area contributed by atoms with Crippen LogP contribution in [0.15, 0.2) is 46.6 Å². The van der Waals surface area contributed by atoms with E-state index in [9.17, 15) is 24.0 Å². The van der Waals surface area contributed by atoms with Crippen LogP contribution >= 0.6 is 11.8 Å². The van der Waals surface area contributed by atoms with Gasteiger partial charge in [-0.05, 0) is 31.6 Å². The second-order valence-electron chi connectivity index (χ2n) is 8.90. The van der Waals surface area contributed by atoms with Gasteiger partial charge in [-0.1, -0.05) is 30.0 Å². The zero-order valence-electron chi connectivity index (χ0n) is 22.4. The van der Waals surface area contributed by atoms with Crippen LogP contribution in [0.4, 0.5) is 5.69 Å². The molecule has 13 heteroatoms. The van der Waals surface area contributed by atoms with Crippen LogP contribution in [0.5, 0.6) is 0 Å². The monoisotopic (exact) mass is 562 g/mol. The van der Waals surface area contributed by atoms with Crippen LogP contribution in [-0.4, -0.2) is 71.4 Å². The fourth-order valence-corrected chi connectivity index (χ4v) is 5.17. The van der Waals surface area contributed by atoms with Gasteiger partial charge in [0.05, 0.1) is 5.69 Å². The van der Waals surface area contributed by atoms with E-state index < -0.39 is 53.7 Å². The van der Waals surface area contributed by atoms with E-state index in [1.165, 1.54) is 11.8 Å². The molecule has 2 heterocycles. The van der Waals surface area contributed by atoms with Crippen molar-refractivity contribution in [2.24, 2.45) is 4.99 Å². The highest BCUT2D eigenvalue weighted by molar-refractivity contribution is 8.14. The summed E-state index contributed by atoms with van der Waals surface area (Å²) in [7, 11) is 0. The maximum absolute atomic E-state index is 13.3.